The molecule has 2 rings (SSSR count). The van der Waals surface area contributed by atoms with Crippen molar-refractivity contribution < 1.29 is 4.74 Å². The summed E-state index contributed by atoms with van der Waals surface area (Å²) in [5, 5.41) is 3.32. The Balaban J connectivity index is 2.80. The van der Waals surface area contributed by atoms with Gasteiger partial charge in [-0.3, -0.25) is 0 Å². The van der Waals surface area contributed by atoms with E-state index in [0.717, 1.165) is 5.75 Å². The minimum atomic E-state index is 0.961. The lowest BCUT2D eigenvalue weighted by molar-refractivity contribution is 0.419. The lowest BCUT2D eigenvalue weighted by Gasteiger charge is -2.07. The highest BCUT2D eigenvalue weighted by molar-refractivity contribution is 9.10. The molecule has 0 aliphatic heterocycles. The molecule has 0 unspecified atom stereocenters. The normalized spacial score (nSPS) is 10.8. The summed E-state index contributed by atoms with van der Waals surface area (Å²) in [7, 11) is 1.71. The van der Waals surface area contributed by atoms with Gasteiger partial charge in [0.25, 0.3) is 0 Å². The van der Waals surface area contributed by atoms with E-state index in [-0.39, 0.29) is 0 Å². The Morgan fingerprint density at radius 1 is 1.50 bits per heavy atom. The van der Waals surface area contributed by atoms with Crippen molar-refractivity contribution in [3.05, 3.63) is 22.0 Å². The third-order valence-electron chi connectivity index (χ3n) is 2.04. The maximum atomic E-state index is 5.36. The van der Waals surface area contributed by atoms with Gasteiger partial charge in [-0.15, -0.1) is 23.1 Å². The van der Waals surface area contributed by atoms with Crippen molar-refractivity contribution in [3.8, 4) is 5.75 Å². The molecule has 0 radical (unpaired) electrons. The Labute approximate surface area is 99.6 Å². The molecule has 4 heteroatoms. The number of fused-ring (bicyclic) bond motifs is 1. The first-order valence-corrected chi connectivity index (χ1v) is 6.95. The van der Waals surface area contributed by atoms with Gasteiger partial charge < -0.3 is 4.74 Å². The Bertz CT molecular complexity index is 464. The number of methoxy groups -OCH3 is 1. The molecule has 0 saturated carbocycles. The van der Waals surface area contributed by atoms with Crippen LogP contribution in [0.1, 0.15) is 0 Å². The number of hydrogen-bond acceptors (Lipinski definition) is 3. The Morgan fingerprint density at radius 3 is 2.93 bits per heavy atom. The first-order chi connectivity index (χ1) is 6.77. The fourth-order valence-corrected chi connectivity index (χ4v) is 3.83. The fraction of sp³-hybridized carbons (Fsp3) is 0.200. The van der Waals surface area contributed by atoms with Crippen LogP contribution >= 0.6 is 39.0 Å². The van der Waals surface area contributed by atoms with Crippen molar-refractivity contribution in [2.75, 3.05) is 13.4 Å². The molecule has 0 aliphatic carbocycles. The van der Waals surface area contributed by atoms with E-state index in [4.69, 9.17) is 4.74 Å². The van der Waals surface area contributed by atoms with Crippen LogP contribution in [0.3, 0.4) is 0 Å². The number of halogens is 1. The van der Waals surface area contributed by atoms with Crippen molar-refractivity contribution in [1.29, 1.82) is 0 Å². The van der Waals surface area contributed by atoms with Crippen LogP contribution in [0.4, 0.5) is 0 Å². The maximum absolute atomic E-state index is 5.36. The second-order valence-electron chi connectivity index (χ2n) is 2.76. The number of benzene rings is 1. The van der Waals surface area contributed by atoms with Crippen molar-refractivity contribution in [2.24, 2.45) is 0 Å². The Kier molecular flexibility index (Phi) is 3.04. The van der Waals surface area contributed by atoms with Crippen molar-refractivity contribution in [1.82, 2.24) is 0 Å². The third-order valence-corrected chi connectivity index (χ3v) is 4.85. The summed E-state index contributed by atoms with van der Waals surface area (Å²) < 4.78 is 7.73. The number of ether oxygens (including phenoxy) is 1. The van der Waals surface area contributed by atoms with Gasteiger partial charge in [0.05, 0.1) is 11.8 Å². The monoisotopic (exact) mass is 288 g/mol. The molecular weight excluding hydrogens is 280 g/mol. The lowest BCUT2D eigenvalue weighted by atomic mass is 10.2. The van der Waals surface area contributed by atoms with Gasteiger partial charge in [0.2, 0.25) is 0 Å². The molecule has 0 bridgehead atoms. The molecule has 74 valence electrons. The second kappa shape index (κ2) is 4.13. The fourth-order valence-electron chi connectivity index (χ4n) is 1.35. The van der Waals surface area contributed by atoms with Crippen molar-refractivity contribution in [2.45, 2.75) is 4.90 Å². The zero-order valence-electron chi connectivity index (χ0n) is 7.83. The van der Waals surface area contributed by atoms with Crippen LogP contribution in [0.25, 0.3) is 10.1 Å². The van der Waals surface area contributed by atoms with Gasteiger partial charge in [-0.25, -0.2) is 0 Å². The summed E-state index contributed by atoms with van der Waals surface area (Å²) in [6, 6.07) is 4.19. The molecule has 0 N–H and O–H groups in total. The number of thiophene rings is 1. The van der Waals surface area contributed by atoms with E-state index in [1.165, 1.54) is 19.5 Å². The first-order valence-electron chi connectivity index (χ1n) is 4.05. The molecule has 0 aliphatic rings. The van der Waals surface area contributed by atoms with Gasteiger partial charge in [0.15, 0.2) is 0 Å². The van der Waals surface area contributed by atoms with Crippen LogP contribution in [0.5, 0.6) is 5.75 Å². The number of rotatable bonds is 2. The van der Waals surface area contributed by atoms with E-state index in [0.29, 0.717) is 0 Å². The van der Waals surface area contributed by atoms with Crippen LogP contribution in [0.15, 0.2) is 26.9 Å². The molecule has 1 heterocycles. The third kappa shape index (κ3) is 1.55. The largest absolute Gasteiger partial charge is 0.495 e. The van der Waals surface area contributed by atoms with E-state index in [2.05, 4.69) is 39.7 Å². The molecule has 0 fully saturated rings. The van der Waals surface area contributed by atoms with Gasteiger partial charge in [0.1, 0.15) is 5.75 Å². The van der Waals surface area contributed by atoms with Crippen molar-refractivity contribution >= 4 is 49.1 Å². The van der Waals surface area contributed by atoms with Crippen LogP contribution in [0, 0.1) is 0 Å². The van der Waals surface area contributed by atoms with Gasteiger partial charge in [-0.1, -0.05) is 0 Å². The summed E-state index contributed by atoms with van der Waals surface area (Å²) in [6.45, 7) is 0. The molecule has 1 aromatic carbocycles. The van der Waals surface area contributed by atoms with E-state index in [1.54, 1.807) is 30.2 Å². The summed E-state index contributed by atoms with van der Waals surface area (Å²) in [5.41, 5.74) is 0. The average molecular weight is 289 g/mol. The number of hydrogen-bond donors (Lipinski definition) is 0. The molecule has 1 aromatic heterocycles. The molecule has 0 spiro atoms. The summed E-state index contributed by atoms with van der Waals surface area (Å²) in [4.78, 5) is 1.22. The first kappa shape index (κ1) is 10.3. The standard InChI is InChI=1S/C10H9BrOS2/c1-12-7-5-8(13-2)9(11)6-3-4-14-10(6)7/h3-5H,1-2H3. The average Bonchev–Trinajstić information content (AvgIpc) is 2.68. The predicted molar refractivity (Wildman–Crippen MR) is 67.9 cm³/mol. The summed E-state index contributed by atoms with van der Waals surface area (Å²) in [5.74, 6) is 0.961. The van der Waals surface area contributed by atoms with Crippen LogP contribution in [-0.2, 0) is 0 Å². The maximum Gasteiger partial charge on any atom is 0.137 e. The highest BCUT2D eigenvalue weighted by Gasteiger charge is 2.10. The summed E-state index contributed by atoms with van der Waals surface area (Å²) >= 11 is 7.04. The second-order valence-corrected chi connectivity index (χ2v) is 5.32. The summed E-state index contributed by atoms with van der Waals surface area (Å²) in [6.07, 6.45) is 2.07. The predicted octanol–water partition coefficient (Wildman–Crippen LogP) is 4.39. The van der Waals surface area contributed by atoms with Crippen molar-refractivity contribution in [3.63, 3.8) is 0 Å². The number of thioether (sulfide) groups is 1. The zero-order valence-corrected chi connectivity index (χ0v) is 11.1. The Hall–Kier alpha value is -0.190. The highest BCUT2D eigenvalue weighted by atomic mass is 79.9. The van der Waals surface area contributed by atoms with Gasteiger partial charge >= 0.3 is 0 Å². The quantitative estimate of drug-likeness (QED) is 0.758. The SMILES string of the molecule is COc1cc(SC)c(Br)c2ccsc12. The minimum absolute atomic E-state index is 0.961. The molecule has 0 atom stereocenters. The van der Waals surface area contributed by atoms with E-state index >= 15 is 0 Å². The minimum Gasteiger partial charge on any atom is -0.495 e. The topological polar surface area (TPSA) is 9.23 Å². The highest BCUT2D eigenvalue weighted by Crippen LogP contribution is 2.41. The zero-order chi connectivity index (χ0) is 10.1. The molecule has 0 saturated heterocycles. The van der Waals surface area contributed by atoms with E-state index in [9.17, 15) is 0 Å². The molecule has 1 nitrogen and oxygen atoms in total. The Morgan fingerprint density at radius 2 is 2.29 bits per heavy atom. The lowest BCUT2D eigenvalue weighted by Crippen LogP contribution is -1.84. The smallest absolute Gasteiger partial charge is 0.137 e. The van der Waals surface area contributed by atoms with Crippen LogP contribution < -0.4 is 4.74 Å². The van der Waals surface area contributed by atoms with Crippen LogP contribution in [0.2, 0.25) is 0 Å². The van der Waals surface area contributed by atoms with E-state index < -0.39 is 0 Å². The molecular formula is C10H9BrOS2. The van der Waals surface area contributed by atoms with Gasteiger partial charge in [0, 0.05) is 14.8 Å². The molecule has 0 amide bonds. The van der Waals surface area contributed by atoms with Crippen LogP contribution in [-0.4, -0.2) is 13.4 Å². The van der Waals surface area contributed by atoms with Gasteiger partial charge in [-0.2, -0.15) is 0 Å². The molecule has 14 heavy (non-hydrogen) atoms. The van der Waals surface area contributed by atoms with Gasteiger partial charge in [-0.05, 0) is 39.7 Å². The van der Waals surface area contributed by atoms with E-state index in [1.807, 2.05) is 0 Å². The molecule has 2 aromatic rings.